The summed E-state index contributed by atoms with van der Waals surface area (Å²) < 4.78 is 18.9. The Kier molecular flexibility index (Phi) is 6.81. The Morgan fingerprint density at radius 1 is 1.41 bits per heavy atom. The zero-order chi connectivity index (χ0) is 12.5. The molecule has 0 unspecified atom stereocenters. The first-order valence-electron chi connectivity index (χ1n) is 5.66. The number of nitrogens with one attached hydrogen (secondary N) is 1. The molecule has 1 N–H and O–H groups in total. The summed E-state index contributed by atoms with van der Waals surface area (Å²) in [6, 6.07) is 0. The minimum absolute atomic E-state index is 0.259. The van der Waals surface area contributed by atoms with Crippen molar-refractivity contribution in [1.29, 1.82) is 0 Å². The van der Waals surface area contributed by atoms with Crippen LogP contribution < -0.4 is 5.32 Å². The molecule has 1 heterocycles. The number of halogens is 2. The Bertz CT molecular complexity index is 338. The quantitative estimate of drug-likeness (QED) is 0.576. The van der Waals surface area contributed by atoms with Crippen LogP contribution in [0.5, 0.6) is 0 Å². The molecule has 4 nitrogen and oxygen atoms in total. The van der Waals surface area contributed by atoms with Crippen molar-refractivity contribution in [2.45, 2.75) is 19.8 Å². The van der Waals surface area contributed by atoms with Gasteiger partial charge in [-0.15, -0.1) is 11.6 Å². The van der Waals surface area contributed by atoms with Crippen molar-refractivity contribution in [3.63, 3.8) is 0 Å². The summed E-state index contributed by atoms with van der Waals surface area (Å²) in [6.07, 6.45) is 2.71. The minimum Gasteiger partial charge on any atom is -0.380 e. The Morgan fingerprint density at radius 3 is 2.94 bits per heavy atom. The highest BCUT2D eigenvalue weighted by molar-refractivity contribution is 6.17. The average molecular weight is 262 g/mol. The lowest BCUT2D eigenvalue weighted by Gasteiger charge is -2.08. The van der Waals surface area contributed by atoms with Gasteiger partial charge in [0, 0.05) is 19.0 Å². The van der Waals surface area contributed by atoms with E-state index in [2.05, 4.69) is 15.3 Å². The van der Waals surface area contributed by atoms with Gasteiger partial charge in [-0.3, -0.25) is 0 Å². The van der Waals surface area contributed by atoms with Crippen LogP contribution in [-0.2, 0) is 11.2 Å². The fourth-order valence-electron chi connectivity index (χ4n) is 1.31. The molecule has 0 saturated heterocycles. The van der Waals surface area contributed by atoms with Crippen molar-refractivity contribution in [3.05, 3.63) is 17.8 Å². The summed E-state index contributed by atoms with van der Waals surface area (Å²) in [7, 11) is 0. The number of nitrogens with zero attached hydrogens (tertiary/aromatic N) is 2. The van der Waals surface area contributed by atoms with E-state index in [4.69, 9.17) is 16.3 Å². The Balaban J connectivity index is 2.31. The summed E-state index contributed by atoms with van der Waals surface area (Å²) >= 11 is 5.46. The van der Waals surface area contributed by atoms with Crippen LogP contribution in [0, 0.1) is 5.82 Å². The van der Waals surface area contributed by atoms with E-state index < -0.39 is 0 Å². The van der Waals surface area contributed by atoms with E-state index in [1.165, 1.54) is 6.33 Å². The maximum Gasteiger partial charge on any atom is 0.186 e. The molecule has 0 aliphatic carbocycles. The second-order valence-electron chi connectivity index (χ2n) is 3.42. The highest BCUT2D eigenvalue weighted by atomic mass is 35.5. The monoisotopic (exact) mass is 261 g/mol. The van der Waals surface area contributed by atoms with E-state index >= 15 is 0 Å². The van der Waals surface area contributed by atoms with Crippen molar-refractivity contribution in [2.24, 2.45) is 0 Å². The summed E-state index contributed by atoms with van der Waals surface area (Å²) in [5, 5.41) is 2.93. The van der Waals surface area contributed by atoms with Gasteiger partial charge < -0.3 is 10.1 Å². The first-order valence-corrected chi connectivity index (χ1v) is 6.20. The van der Waals surface area contributed by atoms with Gasteiger partial charge in [-0.1, -0.05) is 6.92 Å². The van der Waals surface area contributed by atoms with E-state index in [1.54, 1.807) is 0 Å². The standard InChI is InChI=1S/C11H17ClFN3O/c1-2-9-10(13)11(16-8-15-9)14-5-3-6-17-7-4-12/h8H,2-7H2,1H3,(H,14,15,16). The molecule has 0 amide bonds. The molecule has 0 saturated carbocycles. The van der Waals surface area contributed by atoms with Crippen LogP contribution >= 0.6 is 11.6 Å². The second kappa shape index (κ2) is 8.20. The lowest BCUT2D eigenvalue weighted by molar-refractivity contribution is 0.149. The number of hydrogen-bond acceptors (Lipinski definition) is 4. The van der Waals surface area contributed by atoms with E-state index in [1.807, 2.05) is 6.92 Å². The lowest BCUT2D eigenvalue weighted by atomic mass is 10.3. The molecule has 17 heavy (non-hydrogen) atoms. The van der Waals surface area contributed by atoms with Crippen LogP contribution in [0.3, 0.4) is 0 Å². The van der Waals surface area contributed by atoms with Gasteiger partial charge >= 0.3 is 0 Å². The predicted octanol–water partition coefficient (Wildman–Crippen LogP) is 2.24. The SMILES string of the molecule is CCc1ncnc(NCCCOCCCl)c1F. The highest BCUT2D eigenvalue weighted by Crippen LogP contribution is 2.12. The van der Waals surface area contributed by atoms with Crippen LogP contribution in [0.4, 0.5) is 10.2 Å². The first-order chi connectivity index (χ1) is 8.29. The largest absolute Gasteiger partial charge is 0.380 e. The molecule has 1 rings (SSSR count). The van der Waals surface area contributed by atoms with Crippen LogP contribution in [0.15, 0.2) is 6.33 Å². The molecule has 1 aromatic rings. The third-order valence-electron chi connectivity index (χ3n) is 2.18. The molecular formula is C11H17ClFN3O. The summed E-state index contributed by atoms with van der Waals surface area (Å²) in [4.78, 5) is 7.72. The Labute approximate surface area is 106 Å². The number of alkyl halides is 1. The number of aryl methyl sites for hydroxylation is 1. The van der Waals surface area contributed by atoms with Crippen molar-refractivity contribution in [1.82, 2.24) is 9.97 Å². The molecule has 6 heteroatoms. The molecule has 0 atom stereocenters. The van der Waals surface area contributed by atoms with E-state index in [0.29, 0.717) is 37.8 Å². The van der Waals surface area contributed by atoms with Crippen LogP contribution in [-0.4, -0.2) is 35.6 Å². The number of ether oxygens (including phenoxy) is 1. The zero-order valence-electron chi connectivity index (χ0n) is 9.88. The molecular weight excluding hydrogens is 245 g/mol. The van der Waals surface area contributed by atoms with Crippen molar-refractivity contribution in [2.75, 3.05) is 31.0 Å². The topological polar surface area (TPSA) is 47.0 Å². The summed E-state index contributed by atoms with van der Waals surface area (Å²) in [5.74, 6) is 0.388. The van der Waals surface area contributed by atoms with E-state index in [9.17, 15) is 4.39 Å². The van der Waals surface area contributed by atoms with Crippen molar-refractivity contribution >= 4 is 17.4 Å². The van der Waals surface area contributed by atoms with Gasteiger partial charge in [-0.05, 0) is 12.8 Å². The van der Waals surface area contributed by atoms with Crippen molar-refractivity contribution < 1.29 is 9.13 Å². The zero-order valence-corrected chi connectivity index (χ0v) is 10.6. The van der Waals surface area contributed by atoms with Gasteiger partial charge in [0.1, 0.15) is 6.33 Å². The number of anilines is 1. The molecule has 0 fully saturated rings. The minimum atomic E-state index is -0.364. The lowest BCUT2D eigenvalue weighted by Crippen LogP contribution is -2.10. The van der Waals surface area contributed by atoms with Gasteiger partial charge in [-0.2, -0.15) is 0 Å². The molecule has 1 aromatic heterocycles. The Hall–Kier alpha value is -0.940. The molecule has 0 aromatic carbocycles. The Morgan fingerprint density at radius 2 is 2.24 bits per heavy atom. The van der Waals surface area contributed by atoms with Gasteiger partial charge in [0.2, 0.25) is 0 Å². The molecule has 0 spiro atoms. The van der Waals surface area contributed by atoms with Gasteiger partial charge in [-0.25, -0.2) is 14.4 Å². The maximum absolute atomic E-state index is 13.7. The average Bonchev–Trinajstić information content (AvgIpc) is 2.35. The molecule has 0 radical (unpaired) electrons. The third kappa shape index (κ3) is 4.83. The van der Waals surface area contributed by atoms with E-state index in [-0.39, 0.29) is 11.6 Å². The van der Waals surface area contributed by atoms with Crippen LogP contribution in [0.25, 0.3) is 0 Å². The fourth-order valence-corrected chi connectivity index (χ4v) is 1.42. The molecule has 0 bridgehead atoms. The number of rotatable bonds is 8. The normalized spacial score (nSPS) is 10.5. The first kappa shape index (κ1) is 14.1. The van der Waals surface area contributed by atoms with Crippen LogP contribution in [0.1, 0.15) is 19.0 Å². The maximum atomic E-state index is 13.7. The third-order valence-corrected chi connectivity index (χ3v) is 2.33. The van der Waals surface area contributed by atoms with Gasteiger partial charge in [0.05, 0.1) is 12.3 Å². The smallest absolute Gasteiger partial charge is 0.186 e. The molecule has 0 aliphatic rings. The molecule has 96 valence electrons. The van der Waals surface area contributed by atoms with E-state index in [0.717, 1.165) is 6.42 Å². The predicted molar refractivity (Wildman–Crippen MR) is 66.0 cm³/mol. The highest BCUT2D eigenvalue weighted by Gasteiger charge is 2.08. The fraction of sp³-hybridized carbons (Fsp3) is 0.636. The summed E-state index contributed by atoms with van der Waals surface area (Å²) in [6.45, 7) is 3.62. The number of hydrogen-bond donors (Lipinski definition) is 1. The molecule has 0 aliphatic heterocycles. The van der Waals surface area contributed by atoms with Gasteiger partial charge in [0.25, 0.3) is 0 Å². The summed E-state index contributed by atoms with van der Waals surface area (Å²) in [5.41, 5.74) is 0.431. The van der Waals surface area contributed by atoms with Gasteiger partial charge in [0.15, 0.2) is 11.6 Å². The van der Waals surface area contributed by atoms with Crippen LogP contribution in [0.2, 0.25) is 0 Å². The second-order valence-corrected chi connectivity index (χ2v) is 3.80. The van der Waals surface area contributed by atoms with Crippen molar-refractivity contribution in [3.8, 4) is 0 Å². The number of aromatic nitrogens is 2.